The number of nitrogens with two attached hydrogens (primary N) is 1. The third kappa shape index (κ3) is 3.28. The number of hydrogen-bond acceptors (Lipinski definition) is 2. The molecule has 1 saturated carbocycles. The normalized spacial score (nSPS) is 42.2. The zero-order valence-corrected chi connectivity index (χ0v) is 9.09. The van der Waals surface area contributed by atoms with Gasteiger partial charge in [-0.2, -0.15) is 0 Å². The largest absolute Gasteiger partial charge is 0.393 e. The molecule has 2 heteroatoms. The summed E-state index contributed by atoms with van der Waals surface area (Å²) in [7, 11) is 0. The van der Waals surface area contributed by atoms with E-state index in [1.165, 1.54) is 0 Å². The summed E-state index contributed by atoms with van der Waals surface area (Å²) in [6.45, 7) is 6.29. The average molecular weight is 185 g/mol. The zero-order valence-electron chi connectivity index (χ0n) is 9.09. The Morgan fingerprint density at radius 2 is 2.15 bits per heavy atom. The van der Waals surface area contributed by atoms with Crippen molar-refractivity contribution in [3.63, 3.8) is 0 Å². The molecule has 0 aromatic carbocycles. The number of aliphatic hydroxyl groups excluding tert-OH is 1. The maximum absolute atomic E-state index is 9.20. The summed E-state index contributed by atoms with van der Waals surface area (Å²) < 4.78 is 0. The van der Waals surface area contributed by atoms with Crippen molar-refractivity contribution in [1.82, 2.24) is 0 Å². The Morgan fingerprint density at radius 1 is 1.54 bits per heavy atom. The van der Waals surface area contributed by atoms with Crippen LogP contribution in [0.5, 0.6) is 0 Å². The van der Waals surface area contributed by atoms with Gasteiger partial charge in [0.2, 0.25) is 0 Å². The van der Waals surface area contributed by atoms with E-state index in [4.69, 9.17) is 5.73 Å². The van der Waals surface area contributed by atoms with Crippen molar-refractivity contribution in [3.8, 4) is 0 Å². The van der Waals surface area contributed by atoms with Crippen LogP contribution in [-0.2, 0) is 0 Å². The molecule has 0 heterocycles. The van der Waals surface area contributed by atoms with E-state index < -0.39 is 0 Å². The minimum absolute atomic E-state index is 0.0444. The van der Waals surface area contributed by atoms with Crippen molar-refractivity contribution in [2.24, 2.45) is 17.6 Å². The molecule has 13 heavy (non-hydrogen) atoms. The fourth-order valence-corrected chi connectivity index (χ4v) is 2.63. The van der Waals surface area contributed by atoms with E-state index in [9.17, 15) is 5.11 Å². The molecule has 4 atom stereocenters. The molecule has 0 aliphatic heterocycles. The molecule has 3 N–H and O–H groups in total. The monoisotopic (exact) mass is 185 g/mol. The van der Waals surface area contributed by atoms with Gasteiger partial charge in [0.25, 0.3) is 0 Å². The van der Waals surface area contributed by atoms with Gasteiger partial charge < -0.3 is 10.8 Å². The van der Waals surface area contributed by atoms with Gasteiger partial charge in [0.05, 0.1) is 6.10 Å². The molecule has 78 valence electrons. The SMILES string of the molecule is CC(O)CCC1CC(C)(N)CC1C. The van der Waals surface area contributed by atoms with Crippen LogP contribution in [0.15, 0.2) is 0 Å². The van der Waals surface area contributed by atoms with Gasteiger partial charge >= 0.3 is 0 Å². The second kappa shape index (κ2) is 3.97. The van der Waals surface area contributed by atoms with Gasteiger partial charge in [-0.3, -0.25) is 0 Å². The fraction of sp³-hybridized carbons (Fsp3) is 1.00. The maximum Gasteiger partial charge on any atom is 0.0512 e. The summed E-state index contributed by atoms with van der Waals surface area (Å²) in [5.41, 5.74) is 6.15. The van der Waals surface area contributed by atoms with Crippen molar-refractivity contribution >= 4 is 0 Å². The molecule has 0 aromatic heterocycles. The van der Waals surface area contributed by atoms with Gasteiger partial charge in [-0.1, -0.05) is 6.92 Å². The molecule has 1 aliphatic carbocycles. The molecule has 1 fully saturated rings. The highest BCUT2D eigenvalue weighted by Gasteiger charge is 2.36. The van der Waals surface area contributed by atoms with Crippen molar-refractivity contribution in [1.29, 1.82) is 0 Å². The van der Waals surface area contributed by atoms with Crippen LogP contribution in [0.1, 0.15) is 46.5 Å². The molecule has 0 radical (unpaired) electrons. The minimum Gasteiger partial charge on any atom is -0.393 e. The highest BCUT2D eigenvalue weighted by molar-refractivity contribution is 4.93. The van der Waals surface area contributed by atoms with Gasteiger partial charge in [-0.25, -0.2) is 0 Å². The molecule has 2 nitrogen and oxygen atoms in total. The lowest BCUT2D eigenvalue weighted by Gasteiger charge is -2.17. The van der Waals surface area contributed by atoms with Crippen LogP contribution in [0.3, 0.4) is 0 Å². The molecule has 0 spiro atoms. The Hall–Kier alpha value is -0.0800. The van der Waals surface area contributed by atoms with Crippen molar-refractivity contribution in [3.05, 3.63) is 0 Å². The molecule has 0 bridgehead atoms. The van der Waals surface area contributed by atoms with E-state index in [-0.39, 0.29) is 11.6 Å². The second-order valence-electron chi connectivity index (χ2n) is 5.23. The summed E-state index contributed by atoms with van der Waals surface area (Å²) in [6, 6.07) is 0. The van der Waals surface area contributed by atoms with Gasteiger partial charge in [-0.05, 0) is 51.4 Å². The van der Waals surface area contributed by atoms with Crippen LogP contribution in [0, 0.1) is 11.8 Å². The van der Waals surface area contributed by atoms with E-state index in [2.05, 4.69) is 13.8 Å². The van der Waals surface area contributed by atoms with Crippen LogP contribution in [-0.4, -0.2) is 16.7 Å². The van der Waals surface area contributed by atoms with Crippen molar-refractivity contribution in [2.75, 3.05) is 0 Å². The first-order valence-corrected chi connectivity index (χ1v) is 5.38. The Kier molecular flexibility index (Phi) is 3.36. The van der Waals surface area contributed by atoms with E-state index in [0.29, 0.717) is 0 Å². The molecule has 1 aliphatic rings. The first-order chi connectivity index (χ1) is 5.91. The van der Waals surface area contributed by atoms with Crippen LogP contribution < -0.4 is 5.73 Å². The van der Waals surface area contributed by atoms with Gasteiger partial charge in [-0.15, -0.1) is 0 Å². The lowest BCUT2D eigenvalue weighted by Crippen LogP contribution is -2.32. The maximum atomic E-state index is 9.20. The summed E-state index contributed by atoms with van der Waals surface area (Å²) >= 11 is 0. The second-order valence-corrected chi connectivity index (χ2v) is 5.23. The number of hydrogen-bond donors (Lipinski definition) is 2. The Bertz CT molecular complexity index is 165. The van der Waals surface area contributed by atoms with E-state index in [0.717, 1.165) is 37.5 Å². The third-order valence-corrected chi connectivity index (χ3v) is 3.28. The highest BCUT2D eigenvalue weighted by Crippen LogP contribution is 2.39. The Labute approximate surface area is 81.5 Å². The summed E-state index contributed by atoms with van der Waals surface area (Å²) in [5.74, 6) is 1.46. The molecular weight excluding hydrogens is 162 g/mol. The van der Waals surface area contributed by atoms with E-state index in [1.807, 2.05) is 6.92 Å². The van der Waals surface area contributed by atoms with E-state index in [1.54, 1.807) is 0 Å². The molecule has 0 saturated heterocycles. The molecule has 0 amide bonds. The van der Waals surface area contributed by atoms with Crippen molar-refractivity contribution < 1.29 is 5.11 Å². The molecule has 1 rings (SSSR count). The van der Waals surface area contributed by atoms with Crippen LogP contribution in [0.4, 0.5) is 0 Å². The Balaban J connectivity index is 2.35. The van der Waals surface area contributed by atoms with Gasteiger partial charge in [0, 0.05) is 5.54 Å². The lowest BCUT2D eigenvalue weighted by atomic mass is 9.92. The summed E-state index contributed by atoms with van der Waals surface area (Å²) in [4.78, 5) is 0. The highest BCUT2D eigenvalue weighted by atomic mass is 16.3. The summed E-state index contributed by atoms with van der Waals surface area (Å²) in [6.07, 6.45) is 4.16. The number of aliphatic hydroxyl groups is 1. The third-order valence-electron chi connectivity index (χ3n) is 3.28. The number of rotatable bonds is 3. The first-order valence-electron chi connectivity index (χ1n) is 5.38. The predicted molar refractivity (Wildman–Crippen MR) is 55.4 cm³/mol. The quantitative estimate of drug-likeness (QED) is 0.705. The lowest BCUT2D eigenvalue weighted by molar-refractivity contribution is 0.168. The Morgan fingerprint density at radius 3 is 2.54 bits per heavy atom. The van der Waals surface area contributed by atoms with Crippen molar-refractivity contribution in [2.45, 2.75) is 58.1 Å². The molecular formula is C11H23NO. The molecule has 4 unspecified atom stereocenters. The zero-order chi connectivity index (χ0) is 10.1. The standard InChI is InChI=1S/C11H23NO/c1-8-6-11(3,12)7-10(8)5-4-9(2)13/h8-10,13H,4-7,12H2,1-3H3. The topological polar surface area (TPSA) is 46.2 Å². The van der Waals surface area contributed by atoms with Crippen LogP contribution in [0.2, 0.25) is 0 Å². The van der Waals surface area contributed by atoms with Crippen LogP contribution in [0.25, 0.3) is 0 Å². The minimum atomic E-state index is -0.156. The first kappa shape index (κ1) is 11.0. The van der Waals surface area contributed by atoms with Gasteiger partial charge in [0.1, 0.15) is 0 Å². The predicted octanol–water partition coefficient (Wildman–Crippen LogP) is 1.91. The average Bonchev–Trinajstić information content (AvgIpc) is 2.20. The summed E-state index contributed by atoms with van der Waals surface area (Å²) in [5, 5.41) is 9.20. The van der Waals surface area contributed by atoms with Crippen LogP contribution >= 0.6 is 0 Å². The van der Waals surface area contributed by atoms with E-state index >= 15 is 0 Å². The van der Waals surface area contributed by atoms with Gasteiger partial charge in [0.15, 0.2) is 0 Å². The fourth-order valence-electron chi connectivity index (χ4n) is 2.63. The molecule has 0 aromatic rings. The smallest absolute Gasteiger partial charge is 0.0512 e.